The zero-order valence-electron chi connectivity index (χ0n) is 32.4. The highest BCUT2D eigenvalue weighted by Gasteiger charge is 2.66. The Bertz CT molecular complexity index is 2960. The molecule has 6 rings (SSSR count). The van der Waals surface area contributed by atoms with Crippen LogP contribution >= 0.6 is 58.0 Å². The summed E-state index contributed by atoms with van der Waals surface area (Å²) in [5, 5.41) is 0.475. The maximum atomic E-state index is 16.0. The highest BCUT2D eigenvalue weighted by molar-refractivity contribution is 7.93. The van der Waals surface area contributed by atoms with Crippen molar-refractivity contribution in [3.63, 3.8) is 0 Å². The van der Waals surface area contributed by atoms with E-state index in [1.807, 2.05) is 0 Å². The van der Waals surface area contributed by atoms with Gasteiger partial charge in [0.05, 0.1) is 53.4 Å². The van der Waals surface area contributed by atoms with E-state index in [1.54, 1.807) is 0 Å². The standard InChI is InChI=1S/C44H33Cl5O10S4/c45-32-8-6-31(7-9-32)42(51)44(28-62(56,57)39-22-14-35(48)15-23-39,29-63(58,59)40-24-16-36(49)17-25-40)43(41(50)30-4-2-1-3-5-30,26-60(52,53)37-18-10-33(46)11-19-37)27-61(54,55)38-20-12-34(47)13-21-38/h1-25H,26-29H2. The maximum absolute atomic E-state index is 16.0. The molecule has 6 aromatic rings. The van der Waals surface area contributed by atoms with Gasteiger partial charge >= 0.3 is 0 Å². The van der Waals surface area contributed by atoms with Crippen molar-refractivity contribution >= 4 is 109 Å². The quantitative estimate of drug-likeness (QED) is 0.0801. The molecule has 0 bridgehead atoms. The predicted molar refractivity (Wildman–Crippen MR) is 245 cm³/mol. The van der Waals surface area contributed by atoms with Crippen molar-refractivity contribution in [2.24, 2.45) is 10.8 Å². The van der Waals surface area contributed by atoms with E-state index in [1.165, 1.54) is 91.0 Å². The van der Waals surface area contributed by atoms with Crippen LogP contribution in [-0.2, 0) is 39.3 Å². The van der Waals surface area contributed by atoms with Crippen LogP contribution in [-0.4, -0.2) is 68.2 Å². The molecule has 0 aliphatic rings. The fourth-order valence-electron chi connectivity index (χ4n) is 7.27. The lowest BCUT2D eigenvalue weighted by atomic mass is 9.60. The summed E-state index contributed by atoms with van der Waals surface area (Å²) in [6.45, 7) is 0. The Kier molecular flexibility index (Phi) is 14.4. The number of benzene rings is 6. The third-order valence-electron chi connectivity index (χ3n) is 10.4. The Morgan fingerprint density at radius 2 is 0.524 bits per heavy atom. The molecule has 63 heavy (non-hydrogen) atoms. The van der Waals surface area contributed by atoms with E-state index in [9.17, 15) is 0 Å². The van der Waals surface area contributed by atoms with Crippen molar-refractivity contribution in [2.45, 2.75) is 19.6 Å². The van der Waals surface area contributed by atoms with Gasteiger partial charge in [0.25, 0.3) is 0 Å². The van der Waals surface area contributed by atoms with Gasteiger partial charge < -0.3 is 0 Å². The second-order valence-electron chi connectivity index (χ2n) is 14.5. The molecule has 0 saturated carbocycles. The van der Waals surface area contributed by atoms with Crippen LogP contribution in [0.5, 0.6) is 0 Å². The second kappa shape index (κ2) is 18.8. The molecule has 328 valence electrons. The Hall–Kier alpha value is -4.09. The highest BCUT2D eigenvalue weighted by atomic mass is 35.5. The molecule has 0 atom stereocenters. The highest BCUT2D eigenvalue weighted by Crippen LogP contribution is 2.52. The molecule has 0 aliphatic carbocycles. The smallest absolute Gasteiger partial charge is 0.179 e. The Balaban J connectivity index is 1.86. The number of ketones is 2. The molecule has 0 radical (unpaired) electrons. The van der Waals surface area contributed by atoms with Crippen LogP contribution < -0.4 is 0 Å². The Labute approximate surface area is 390 Å². The lowest BCUT2D eigenvalue weighted by Crippen LogP contribution is -2.64. The molecule has 6 aromatic carbocycles. The molecule has 0 unspecified atom stereocenters. The number of carbonyl (C=O) groups excluding carboxylic acids is 2. The number of carbonyl (C=O) groups is 2. The van der Waals surface area contributed by atoms with Gasteiger partial charge in [-0.05, 0) is 121 Å². The summed E-state index contributed by atoms with van der Waals surface area (Å²) in [7, 11) is -20.3. The molecule has 10 nitrogen and oxygen atoms in total. The predicted octanol–water partition coefficient (Wildman–Crippen LogP) is 9.89. The molecule has 0 aliphatic heterocycles. The van der Waals surface area contributed by atoms with Crippen LogP contribution in [0.15, 0.2) is 171 Å². The zero-order chi connectivity index (χ0) is 46.0. The van der Waals surface area contributed by atoms with Crippen molar-refractivity contribution in [2.75, 3.05) is 23.0 Å². The van der Waals surface area contributed by atoms with Crippen molar-refractivity contribution < 1.29 is 43.3 Å². The molecule has 0 fully saturated rings. The summed E-state index contributed by atoms with van der Waals surface area (Å²) in [6.07, 6.45) is 0. The first kappa shape index (κ1) is 48.4. The SMILES string of the molecule is O=C(c1ccccc1)C(CS(=O)(=O)c1ccc(Cl)cc1)(CS(=O)(=O)c1ccc(Cl)cc1)C(CS(=O)(=O)c1ccc(Cl)cc1)(CS(=O)(=O)c1ccc(Cl)cc1)C(=O)c1ccc(Cl)cc1. The van der Waals surface area contributed by atoms with Gasteiger partial charge in [-0.3, -0.25) is 9.59 Å². The summed E-state index contributed by atoms with van der Waals surface area (Å²) < 4.78 is 121. The summed E-state index contributed by atoms with van der Waals surface area (Å²) in [5.41, 5.74) is -7.52. The molecular weight excluding hydrogens is 994 g/mol. The van der Waals surface area contributed by atoms with Crippen LogP contribution in [0.4, 0.5) is 0 Å². The Morgan fingerprint density at radius 3 is 0.762 bits per heavy atom. The third kappa shape index (κ3) is 10.6. The van der Waals surface area contributed by atoms with Gasteiger partial charge in [-0.2, -0.15) is 0 Å². The lowest BCUT2D eigenvalue weighted by Gasteiger charge is -2.48. The minimum absolute atomic E-state index is 0.0852. The van der Waals surface area contributed by atoms with E-state index in [0.29, 0.717) is 0 Å². The van der Waals surface area contributed by atoms with E-state index in [0.717, 1.165) is 60.7 Å². The molecule has 0 heterocycles. The van der Waals surface area contributed by atoms with E-state index >= 15 is 43.3 Å². The topological polar surface area (TPSA) is 171 Å². The largest absolute Gasteiger partial charge is 0.293 e. The summed E-state index contributed by atoms with van der Waals surface area (Å²) >= 11 is 30.7. The van der Waals surface area contributed by atoms with Crippen LogP contribution in [0.2, 0.25) is 25.1 Å². The molecule has 0 saturated heterocycles. The number of rotatable bonds is 17. The van der Waals surface area contributed by atoms with Gasteiger partial charge in [-0.1, -0.05) is 88.3 Å². The fourth-order valence-corrected chi connectivity index (χ4v) is 15.7. The summed E-state index contributed by atoms with van der Waals surface area (Å²) in [4.78, 5) is 29.9. The molecule has 0 aromatic heterocycles. The third-order valence-corrected chi connectivity index (χ3v) is 19.1. The van der Waals surface area contributed by atoms with Gasteiger partial charge in [0, 0.05) is 36.2 Å². The summed E-state index contributed by atoms with van der Waals surface area (Å²) in [6, 6.07) is 29.6. The normalized spacial score (nSPS) is 12.8. The van der Waals surface area contributed by atoms with Gasteiger partial charge in [0.15, 0.2) is 50.9 Å². The number of halogens is 5. The van der Waals surface area contributed by atoms with Gasteiger partial charge in [0.1, 0.15) is 0 Å². The van der Waals surface area contributed by atoms with E-state index < -0.39 is 110 Å². The maximum Gasteiger partial charge on any atom is 0.179 e. The monoisotopic (exact) mass is 1020 g/mol. The minimum atomic E-state index is -5.08. The van der Waals surface area contributed by atoms with Gasteiger partial charge in [0.2, 0.25) is 0 Å². The molecular formula is C44H33Cl5O10S4. The van der Waals surface area contributed by atoms with Gasteiger partial charge in [-0.15, -0.1) is 0 Å². The number of hydrogen-bond donors (Lipinski definition) is 0. The van der Waals surface area contributed by atoms with Crippen molar-refractivity contribution in [3.8, 4) is 0 Å². The fraction of sp³-hybridized carbons (Fsp3) is 0.136. The first-order valence-electron chi connectivity index (χ1n) is 18.3. The first-order valence-corrected chi connectivity index (χ1v) is 26.8. The number of sulfone groups is 4. The van der Waals surface area contributed by atoms with E-state index in [2.05, 4.69) is 0 Å². The van der Waals surface area contributed by atoms with Crippen LogP contribution in [0, 0.1) is 10.8 Å². The summed E-state index contributed by atoms with van der Waals surface area (Å²) in [5.74, 6) is -9.32. The molecule has 0 spiro atoms. The zero-order valence-corrected chi connectivity index (χ0v) is 39.4. The van der Waals surface area contributed by atoms with Gasteiger partial charge in [-0.25, -0.2) is 33.7 Å². The second-order valence-corrected chi connectivity index (χ2v) is 24.7. The van der Waals surface area contributed by atoms with E-state index in [-0.39, 0.29) is 30.7 Å². The van der Waals surface area contributed by atoms with Crippen molar-refractivity contribution in [1.29, 1.82) is 0 Å². The number of hydrogen-bond acceptors (Lipinski definition) is 10. The van der Waals surface area contributed by atoms with Crippen molar-refractivity contribution in [1.82, 2.24) is 0 Å². The number of Topliss-reactive ketones (excluding diaryl/α,β-unsaturated/α-hetero) is 2. The molecule has 0 amide bonds. The lowest BCUT2D eigenvalue weighted by molar-refractivity contribution is 0.0506. The average molecular weight is 1030 g/mol. The van der Waals surface area contributed by atoms with Crippen molar-refractivity contribution in [3.05, 3.63) is 188 Å². The van der Waals surface area contributed by atoms with E-state index in [4.69, 9.17) is 58.0 Å². The van der Waals surface area contributed by atoms with Crippen LogP contribution in [0.1, 0.15) is 20.7 Å². The Morgan fingerprint density at radius 1 is 0.317 bits per heavy atom. The van der Waals surface area contributed by atoms with Crippen LogP contribution in [0.3, 0.4) is 0 Å². The average Bonchev–Trinajstić information content (AvgIpc) is 3.23. The minimum Gasteiger partial charge on any atom is -0.293 e. The molecule has 19 heteroatoms. The first-order chi connectivity index (χ1) is 29.5. The van der Waals surface area contributed by atoms with Crippen LogP contribution in [0.25, 0.3) is 0 Å². The molecule has 0 N–H and O–H groups in total.